The molecule has 1 atom stereocenters. The van der Waals surface area contributed by atoms with Gasteiger partial charge in [0, 0.05) is 12.0 Å². The summed E-state index contributed by atoms with van der Waals surface area (Å²) in [5, 5.41) is 10.3. The molecular formula is C14H17ClO4. The van der Waals surface area contributed by atoms with Crippen LogP contribution in [0.15, 0.2) is 12.1 Å². The van der Waals surface area contributed by atoms with E-state index in [-0.39, 0.29) is 12.2 Å². The molecule has 0 aliphatic carbocycles. The number of ether oxygens (including phenoxy) is 2. The number of hydrogen-bond donors (Lipinski definition) is 1. The van der Waals surface area contributed by atoms with Crippen LogP contribution in [-0.4, -0.2) is 23.3 Å². The van der Waals surface area contributed by atoms with Gasteiger partial charge in [-0.25, -0.2) is 4.79 Å². The van der Waals surface area contributed by atoms with Crippen molar-refractivity contribution in [1.29, 1.82) is 0 Å². The Morgan fingerprint density at radius 3 is 2.89 bits per heavy atom. The summed E-state index contributed by atoms with van der Waals surface area (Å²) in [5.74, 6) is -0.0387. The van der Waals surface area contributed by atoms with Crippen LogP contribution in [0.3, 0.4) is 0 Å². The van der Waals surface area contributed by atoms with E-state index in [0.29, 0.717) is 22.8 Å². The predicted molar refractivity (Wildman–Crippen MR) is 71.5 cm³/mol. The van der Waals surface area contributed by atoms with Gasteiger partial charge in [-0.05, 0) is 38.5 Å². The molecule has 0 amide bonds. The second kappa shape index (κ2) is 5.02. The van der Waals surface area contributed by atoms with Gasteiger partial charge < -0.3 is 14.6 Å². The number of benzene rings is 1. The molecule has 0 aromatic heterocycles. The number of aliphatic hydroxyl groups is 1. The highest BCUT2D eigenvalue weighted by Crippen LogP contribution is 2.41. The van der Waals surface area contributed by atoms with Gasteiger partial charge in [0.25, 0.3) is 0 Å². The highest BCUT2D eigenvalue weighted by atomic mass is 35.5. The Balaban J connectivity index is 2.31. The van der Waals surface area contributed by atoms with Gasteiger partial charge in [-0.15, -0.1) is 0 Å². The average Bonchev–Trinajstić information content (AvgIpc) is 2.63. The second-order valence-electron chi connectivity index (χ2n) is 5.18. The summed E-state index contributed by atoms with van der Waals surface area (Å²) in [4.78, 5) is 11.5. The first-order valence-corrected chi connectivity index (χ1v) is 6.58. The molecule has 19 heavy (non-hydrogen) atoms. The van der Waals surface area contributed by atoms with Crippen LogP contribution in [0.1, 0.15) is 38.0 Å². The smallest absolute Gasteiger partial charge is 0.339 e. The first-order chi connectivity index (χ1) is 8.84. The third-order valence-corrected chi connectivity index (χ3v) is 3.24. The standard InChI is InChI=1S/C14H17ClO4/c1-4-18-13(17)11(16)8-5-9-7-14(2,3)19-12(9)10(15)6-8/h5-6,11,16H,4,7H2,1-3H3. The molecule has 0 radical (unpaired) electrons. The molecule has 0 saturated heterocycles. The molecule has 104 valence electrons. The maximum atomic E-state index is 11.5. The predicted octanol–water partition coefficient (Wildman–Crippen LogP) is 2.65. The number of rotatable bonds is 3. The van der Waals surface area contributed by atoms with Crippen molar-refractivity contribution in [3.63, 3.8) is 0 Å². The zero-order valence-corrected chi connectivity index (χ0v) is 12.0. The van der Waals surface area contributed by atoms with Crippen LogP contribution in [0.4, 0.5) is 0 Å². The zero-order chi connectivity index (χ0) is 14.2. The summed E-state index contributed by atoms with van der Waals surface area (Å²) in [6.45, 7) is 5.84. The Kier molecular flexibility index (Phi) is 3.74. The molecule has 0 saturated carbocycles. The highest BCUT2D eigenvalue weighted by Gasteiger charge is 2.33. The van der Waals surface area contributed by atoms with E-state index in [1.807, 2.05) is 13.8 Å². The summed E-state index contributed by atoms with van der Waals surface area (Å²) in [5.41, 5.74) is 1.01. The van der Waals surface area contributed by atoms with Gasteiger partial charge >= 0.3 is 5.97 Å². The van der Waals surface area contributed by atoms with E-state index in [0.717, 1.165) is 5.56 Å². The Hall–Kier alpha value is -1.26. The van der Waals surface area contributed by atoms with Crippen molar-refractivity contribution in [2.45, 2.75) is 38.9 Å². The fourth-order valence-corrected chi connectivity index (χ4v) is 2.49. The van der Waals surface area contributed by atoms with Crippen molar-refractivity contribution < 1.29 is 19.4 Å². The van der Waals surface area contributed by atoms with Gasteiger partial charge in [-0.1, -0.05) is 11.6 Å². The average molecular weight is 285 g/mol. The molecule has 0 bridgehead atoms. The fraction of sp³-hybridized carbons (Fsp3) is 0.500. The lowest BCUT2D eigenvalue weighted by Crippen LogP contribution is -2.24. The molecule has 4 nitrogen and oxygen atoms in total. The first kappa shape index (κ1) is 14.2. The van der Waals surface area contributed by atoms with Crippen molar-refractivity contribution >= 4 is 17.6 Å². The van der Waals surface area contributed by atoms with Crippen molar-refractivity contribution in [2.24, 2.45) is 0 Å². The molecule has 1 aromatic rings. The number of aliphatic hydroxyl groups excluding tert-OH is 1. The Bertz CT molecular complexity index is 510. The van der Waals surface area contributed by atoms with E-state index in [9.17, 15) is 9.90 Å². The van der Waals surface area contributed by atoms with Crippen molar-refractivity contribution in [1.82, 2.24) is 0 Å². The molecule has 1 aliphatic heterocycles. The summed E-state index contributed by atoms with van der Waals surface area (Å²) >= 11 is 6.14. The van der Waals surface area contributed by atoms with Crippen molar-refractivity contribution in [3.05, 3.63) is 28.3 Å². The van der Waals surface area contributed by atoms with Gasteiger partial charge in [0.1, 0.15) is 11.4 Å². The molecule has 0 fully saturated rings. The topological polar surface area (TPSA) is 55.8 Å². The molecule has 0 spiro atoms. The molecule has 1 aliphatic rings. The van der Waals surface area contributed by atoms with Crippen LogP contribution in [0.25, 0.3) is 0 Å². The minimum atomic E-state index is -1.31. The monoisotopic (exact) mass is 284 g/mol. The number of esters is 1. The lowest BCUT2D eigenvalue weighted by Gasteiger charge is -2.17. The molecular weight excluding hydrogens is 268 g/mol. The summed E-state index contributed by atoms with van der Waals surface area (Å²) in [7, 11) is 0. The van der Waals surface area contributed by atoms with Crippen LogP contribution in [0.5, 0.6) is 5.75 Å². The third kappa shape index (κ3) is 2.85. The zero-order valence-electron chi connectivity index (χ0n) is 11.2. The number of carbonyl (C=O) groups is 1. The third-order valence-electron chi connectivity index (χ3n) is 2.96. The number of fused-ring (bicyclic) bond motifs is 1. The summed E-state index contributed by atoms with van der Waals surface area (Å²) < 4.78 is 10.5. The lowest BCUT2D eigenvalue weighted by atomic mass is 9.98. The van der Waals surface area contributed by atoms with Crippen molar-refractivity contribution in [2.75, 3.05) is 6.61 Å². The largest absolute Gasteiger partial charge is 0.486 e. The first-order valence-electron chi connectivity index (χ1n) is 6.20. The normalized spacial score (nSPS) is 17.5. The highest BCUT2D eigenvalue weighted by molar-refractivity contribution is 6.32. The van der Waals surface area contributed by atoms with E-state index in [1.165, 1.54) is 0 Å². The van der Waals surface area contributed by atoms with Gasteiger partial charge in [-0.3, -0.25) is 0 Å². The molecule has 1 heterocycles. The second-order valence-corrected chi connectivity index (χ2v) is 5.59. The molecule has 1 unspecified atom stereocenters. The SMILES string of the molecule is CCOC(=O)C(O)c1cc(Cl)c2c(c1)CC(C)(C)O2. The fourth-order valence-electron chi connectivity index (χ4n) is 2.21. The number of carbonyl (C=O) groups excluding carboxylic acids is 1. The molecule has 5 heteroatoms. The van der Waals surface area contributed by atoms with Gasteiger partial charge in [0.05, 0.1) is 11.6 Å². The summed E-state index contributed by atoms with van der Waals surface area (Å²) in [6.07, 6.45) is -0.628. The van der Waals surface area contributed by atoms with Crippen LogP contribution in [0, 0.1) is 0 Å². The van der Waals surface area contributed by atoms with Gasteiger partial charge in [0.2, 0.25) is 0 Å². The Morgan fingerprint density at radius 2 is 2.26 bits per heavy atom. The van der Waals surface area contributed by atoms with E-state index in [2.05, 4.69) is 0 Å². The number of hydrogen-bond acceptors (Lipinski definition) is 4. The Morgan fingerprint density at radius 1 is 1.58 bits per heavy atom. The minimum absolute atomic E-state index is 0.227. The van der Waals surface area contributed by atoms with E-state index < -0.39 is 12.1 Å². The molecule has 1 aromatic carbocycles. The summed E-state index contributed by atoms with van der Waals surface area (Å²) in [6, 6.07) is 3.29. The maximum absolute atomic E-state index is 11.5. The van der Waals surface area contributed by atoms with Gasteiger partial charge in [-0.2, -0.15) is 0 Å². The van der Waals surface area contributed by atoms with Crippen LogP contribution >= 0.6 is 11.6 Å². The van der Waals surface area contributed by atoms with Crippen LogP contribution < -0.4 is 4.74 Å². The van der Waals surface area contributed by atoms with Crippen molar-refractivity contribution in [3.8, 4) is 5.75 Å². The molecule has 2 rings (SSSR count). The van der Waals surface area contributed by atoms with E-state index in [1.54, 1.807) is 19.1 Å². The number of halogens is 1. The quantitative estimate of drug-likeness (QED) is 0.867. The van der Waals surface area contributed by atoms with Gasteiger partial charge in [0.15, 0.2) is 6.10 Å². The lowest BCUT2D eigenvalue weighted by molar-refractivity contribution is -0.153. The van der Waals surface area contributed by atoms with Crippen LogP contribution in [0.2, 0.25) is 5.02 Å². The van der Waals surface area contributed by atoms with E-state index >= 15 is 0 Å². The van der Waals surface area contributed by atoms with Crippen LogP contribution in [-0.2, 0) is 16.0 Å². The minimum Gasteiger partial charge on any atom is -0.486 e. The maximum Gasteiger partial charge on any atom is 0.339 e. The van der Waals surface area contributed by atoms with E-state index in [4.69, 9.17) is 21.1 Å². The molecule has 1 N–H and O–H groups in total. The Labute approximate surface area is 117 Å².